The summed E-state index contributed by atoms with van der Waals surface area (Å²) in [6.45, 7) is 4.08. The van der Waals surface area contributed by atoms with Gasteiger partial charge in [0.05, 0.1) is 16.4 Å². The second-order valence-electron chi connectivity index (χ2n) is 7.25. The van der Waals surface area contributed by atoms with Crippen LogP contribution in [0.4, 0.5) is 11.4 Å². The van der Waals surface area contributed by atoms with E-state index in [1.807, 2.05) is 30.3 Å². The molecule has 4 rings (SSSR count). The zero-order chi connectivity index (χ0) is 22.0. The highest BCUT2D eigenvalue weighted by molar-refractivity contribution is 9.10. The van der Waals surface area contributed by atoms with Crippen molar-refractivity contribution in [3.63, 3.8) is 0 Å². The van der Waals surface area contributed by atoms with Crippen molar-refractivity contribution in [3.05, 3.63) is 69.9 Å². The van der Waals surface area contributed by atoms with Crippen molar-refractivity contribution < 1.29 is 14.0 Å². The number of anilines is 2. The molecule has 8 heteroatoms. The van der Waals surface area contributed by atoms with Crippen molar-refractivity contribution in [2.75, 3.05) is 36.4 Å². The topological polar surface area (TPSA) is 65.8 Å². The molecule has 160 valence electrons. The molecule has 0 bridgehead atoms. The minimum atomic E-state index is -0.353. The number of hydrogen-bond donors (Lipinski definition) is 1. The summed E-state index contributed by atoms with van der Waals surface area (Å²) in [7, 11) is 0. The van der Waals surface area contributed by atoms with Gasteiger partial charge in [0, 0.05) is 43.1 Å². The average Bonchev–Trinajstić information content (AvgIpc) is 3.25. The molecular weight excluding hydrogens is 482 g/mol. The van der Waals surface area contributed by atoms with E-state index in [0.717, 1.165) is 15.7 Å². The van der Waals surface area contributed by atoms with Gasteiger partial charge in [-0.3, -0.25) is 9.59 Å². The van der Waals surface area contributed by atoms with E-state index in [4.69, 9.17) is 16.0 Å². The first-order chi connectivity index (χ1) is 14.9. The smallest absolute Gasteiger partial charge is 0.291 e. The summed E-state index contributed by atoms with van der Waals surface area (Å²) in [5, 5.41) is 3.47. The highest BCUT2D eigenvalue weighted by Gasteiger charge is 2.24. The Hall–Kier alpha value is -2.77. The lowest BCUT2D eigenvalue weighted by Crippen LogP contribution is -2.48. The molecule has 2 heterocycles. The largest absolute Gasteiger partial charge is 0.451 e. The summed E-state index contributed by atoms with van der Waals surface area (Å²) >= 11 is 9.90. The fraction of sp³-hybridized carbons (Fsp3) is 0.217. The molecule has 2 amide bonds. The first-order valence-electron chi connectivity index (χ1n) is 9.88. The molecule has 0 unspecified atom stereocenters. The Bertz CT molecular complexity index is 1110. The first-order valence-corrected chi connectivity index (χ1v) is 11.1. The molecular formula is C23H21BrClN3O3. The molecule has 2 aromatic carbocycles. The van der Waals surface area contributed by atoms with Crippen LogP contribution in [0.3, 0.4) is 0 Å². The Morgan fingerprint density at radius 3 is 2.39 bits per heavy atom. The van der Waals surface area contributed by atoms with Gasteiger partial charge in [-0.1, -0.05) is 45.7 Å². The number of halogens is 2. The third-order valence-corrected chi connectivity index (χ3v) is 6.07. The number of nitrogens with zero attached hydrogens (tertiary/aromatic N) is 2. The molecule has 0 spiro atoms. The minimum Gasteiger partial charge on any atom is -0.451 e. The monoisotopic (exact) mass is 501 g/mol. The van der Waals surface area contributed by atoms with E-state index in [-0.39, 0.29) is 17.6 Å². The molecule has 0 radical (unpaired) electrons. The number of nitrogens with one attached hydrogen (secondary N) is 1. The Morgan fingerprint density at radius 2 is 1.71 bits per heavy atom. The van der Waals surface area contributed by atoms with Crippen LogP contribution < -0.4 is 10.2 Å². The Kier molecular flexibility index (Phi) is 6.34. The lowest BCUT2D eigenvalue weighted by Gasteiger charge is -2.36. The van der Waals surface area contributed by atoms with E-state index in [1.54, 1.807) is 36.1 Å². The maximum Gasteiger partial charge on any atom is 0.291 e. The number of hydrogen-bond acceptors (Lipinski definition) is 4. The number of carbonyl (C=O) groups excluding carboxylic acids is 2. The maximum absolute atomic E-state index is 12.9. The van der Waals surface area contributed by atoms with E-state index >= 15 is 0 Å². The van der Waals surface area contributed by atoms with Crippen molar-refractivity contribution in [1.82, 2.24) is 4.90 Å². The van der Waals surface area contributed by atoms with Crippen LogP contribution >= 0.6 is 27.5 Å². The predicted molar refractivity (Wildman–Crippen MR) is 126 cm³/mol. The van der Waals surface area contributed by atoms with Gasteiger partial charge in [0.25, 0.3) is 5.91 Å². The van der Waals surface area contributed by atoms with Crippen LogP contribution in [0.5, 0.6) is 0 Å². The van der Waals surface area contributed by atoms with Crippen LogP contribution in [0.1, 0.15) is 17.5 Å². The van der Waals surface area contributed by atoms with Crippen LogP contribution in [-0.2, 0) is 4.79 Å². The SMILES string of the molecule is CC(=O)N1CCN(c2c(Cl)cccc2NC(=O)c2ccc(-c3ccc(Br)cc3)o2)CC1. The molecule has 1 saturated heterocycles. The lowest BCUT2D eigenvalue weighted by molar-refractivity contribution is -0.129. The second-order valence-corrected chi connectivity index (χ2v) is 8.58. The lowest BCUT2D eigenvalue weighted by atomic mass is 10.2. The van der Waals surface area contributed by atoms with Crippen molar-refractivity contribution in [2.45, 2.75) is 6.92 Å². The third kappa shape index (κ3) is 4.78. The Labute approximate surface area is 193 Å². The van der Waals surface area contributed by atoms with Crippen molar-refractivity contribution in [3.8, 4) is 11.3 Å². The molecule has 3 aromatic rings. The number of para-hydroxylation sites is 1. The van der Waals surface area contributed by atoms with Gasteiger partial charge in [-0.2, -0.15) is 0 Å². The third-order valence-electron chi connectivity index (χ3n) is 5.23. The van der Waals surface area contributed by atoms with E-state index in [0.29, 0.717) is 42.6 Å². The summed E-state index contributed by atoms with van der Waals surface area (Å²) in [6, 6.07) is 16.5. The van der Waals surface area contributed by atoms with Crippen LogP contribution in [0.15, 0.2) is 63.5 Å². The second kappa shape index (κ2) is 9.16. The van der Waals surface area contributed by atoms with Gasteiger partial charge in [0.2, 0.25) is 5.91 Å². The Morgan fingerprint density at radius 1 is 1.00 bits per heavy atom. The molecule has 31 heavy (non-hydrogen) atoms. The molecule has 1 aliphatic rings. The quantitative estimate of drug-likeness (QED) is 0.527. The molecule has 6 nitrogen and oxygen atoms in total. The number of carbonyl (C=O) groups is 2. The summed E-state index contributed by atoms with van der Waals surface area (Å²) in [6.07, 6.45) is 0. The van der Waals surface area contributed by atoms with Crippen LogP contribution in [0.25, 0.3) is 11.3 Å². The predicted octanol–water partition coefficient (Wildman–Crippen LogP) is 5.28. The molecule has 0 atom stereocenters. The molecule has 1 N–H and O–H groups in total. The van der Waals surface area contributed by atoms with Crippen molar-refractivity contribution >= 4 is 50.7 Å². The fourth-order valence-electron chi connectivity index (χ4n) is 3.60. The van der Waals surface area contributed by atoms with Gasteiger partial charge >= 0.3 is 0 Å². The van der Waals surface area contributed by atoms with Crippen LogP contribution in [-0.4, -0.2) is 42.9 Å². The van der Waals surface area contributed by atoms with E-state index in [1.165, 1.54) is 0 Å². The first kappa shape index (κ1) is 21.5. The fourth-order valence-corrected chi connectivity index (χ4v) is 4.15. The number of rotatable bonds is 4. The molecule has 0 saturated carbocycles. The number of piperazine rings is 1. The van der Waals surface area contributed by atoms with Gasteiger partial charge in [-0.05, 0) is 36.4 Å². The van der Waals surface area contributed by atoms with E-state index in [9.17, 15) is 9.59 Å². The molecule has 1 aliphatic heterocycles. The van der Waals surface area contributed by atoms with Crippen molar-refractivity contribution in [2.24, 2.45) is 0 Å². The summed E-state index contributed by atoms with van der Waals surface area (Å²) < 4.78 is 6.75. The maximum atomic E-state index is 12.9. The number of amides is 2. The van der Waals surface area contributed by atoms with Gasteiger partial charge in [-0.15, -0.1) is 0 Å². The van der Waals surface area contributed by atoms with Crippen LogP contribution in [0, 0.1) is 0 Å². The molecule has 1 aromatic heterocycles. The standard InChI is InChI=1S/C23H21BrClN3O3/c1-15(29)27-11-13-28(14-12-27)22-18(25)3-2-4-19(22)26-23(30)21-10-9-20(31-21)16-5-7-17(24)8-6-16/h2-10H,11-14H2,1H3,(H,26,30). The van der Waals surface area contributed by atoms with Crippen LogP contribution in [0.2, 0.25) is 5.02 Å². The normalized spacial score (nSPS) is 13.9. The average molecular weight is 503 g/mol. The zero-order valence-corrected chi connectivity index (χ0v) is 19.2. The van der Waals surface area contributed by atoms with Gasteiger partial charge in [-0.25, -0.2) is 0 Å². The van der Waals surface area contributed by atoms with Gasteiger partial charge < -0.3 is 19.5 Å². The number of benzene rings is 2. The van der Waals surface area contributed by atoms with E-state index in [2.05, 4.69) is 26.1 Å². The van der Waals surface area contributed by atoms with E-state index < -0.39 is 0 Å². The molecule has 1 fully saturated rings. The summed E-state index contributed by atoms with van der Waals surface area (Å²) in [5.74, 6) is 0.538. The summed E-state index contributed by atoms with van der Waals surface area (Å²) in [4.78, 5) is 28.4. The highest BCUT2D eigenvalue weighted by Crippen LogP contribution is 2.35. The Balaban J connectivity index is 1.52. The molecule has 0 aliphatic carbocycles. The minimum absolute atomic E-state index is 0.0618. The van der Waals surface area contributed by atoms with Crippen molar-refractivity contribution in [1.29, 1.82) is 0 Å². The van der Waals surface area contributed by atoms with Gasteiger partial charge in [0.1, 0.15) is 5.76 Å². The summed E-state index contributed by atoms with van der Waals surface area (Å²) in [5.41, 5.74) is 2.24. The number of furan rings is 1. The highest BCUT2D eigenvalue weighted by atomic mass is 79.9. The zero-order valence-electron chi connectivity index (χ0n) is 16.9. The van der Waals surface area contributed by atoms with Gasteiger partial charge in [0.15, 0.2) is 5.76 Å².